The second kappa shape index (κ2) is 10.5. The number of unbranched alkanes of at least 4 members (excludes halogenated alkanes) is 7. The van der Waals surface area contributed by atoms with Crippen LogP contribution in [-0.2, 0) is 9.53 Å². The minimum atomic E-state index is -0.554. The van der Waals surface area contributed by atoms with Crippen molar-refractivity contribution in [3.8, 4) is 0 Å². The summed E-state index contributed by atoms with van der Waals surface area (Å²) in [6, 6.07) is 0. The van der Waals surface area contributed by atoms with Crippen molar-refractivity contribution in [2.75, 3.05) is 7.11 Å². The first-order valence-electron chi connectivity index (χ1n) is 7.69. The van der Waals surface area contributed by atoms with Crippen LogP contribution in [0.5, 0.6) is 0 Å². The Morgan fingerprint density at radius 3 is 1.89 bits per heavy atom. The van der Waals surface area contributed by atoms with Gasteiger partial charge in [0.15, 0.2) is 5.78 Å². The molecule has 0 radical (unpaired) electrons. The molecule has 0 fully saturated rings. The van der Waals surface area contributed by atoms with Gasteiger partial charge >= 0.3 is 0 Å². The molecule has 18 heavy (non-hydrogen) atoms. The van der Waals surface area contributed by atoms with Crippen molar-refractivity contribution in [2.24, 2.45) is 0 Å². The summed E-state index contributed by atoms with van der Waals surface area (Å²) in [5.74, 6) is 0.262. The Kier molecular flexibility index (Phi) is 10.3. The van der Waals surface area contributed by atoms with E-state index in [2.05, 4.69) is 6.92 Å². The van der Waals surface area contributed by atoms with Crippen LogP contribution in [0.1, 0.15) is 85.0 Å². The van der Waals surface area contributed by atoms with Crippen molar-refractivity contribution in [3.63, 3.8) is 0 Å². The van der Waals surface area contributed by atoms with Crippen LogP contribution >= 0.6 is 0 Å². The molecule has 0 rings (SSSR count). The fourth-order valence-electron chi connectivity index (χ4n) is 2.14. The van der Waals surface area contributed by atoms with Crippen LogP contribution in [0.2, 0.25) is 0 Å². The molecule has 0 aliphatic rings. The lowest BCUT2D eigenvalue weighted by atomic mass is 9.93. The summed E-state index contributed by atoms with van der Waals surface area (Å²) in [6.07, 6.45) is 11.6. The highest BCUT2D eigenvalue weighted by Gasteiger charge is 2.29. The molecule has 0 aliphatic heterocycles. The van der Waals surface area contributed by atoms with E-state index in [1.165, 1.54) is 44.9 Å². The number of rotatable bonds is 12. The summed E-state index contributed by atoms with van der Waals surface area (Å²) in [5.41, 5.74) is -0.554. The minimum absolute atomic E-state index is 0.262. The summed E-state index contributed by atoms with van der Waals surface area (Å²) < 4.78 is 5.32. The second-order valence-corrected chi connectivity index (χ2v) is 5.44. The Morgan fingerprint density at radius 1 is 0.944 bits per heavy atom. The summed E-state index contributed by atoms with van der Waals surface area (Å²) in [4.78, 5) is 12.0. The second-order valence-electron chi connectivity index (χ2n) is 5.44. The maximum atomic E-state index is 12.0. The van der Waals surface area contributed by atoms with Gasteiger partial charge in [-0.1, -0.05) is 58.8 Å². The average Bonchev–Trinajstić information content (AvgIpc) is 2.40. The van der Waals surface area contributed by atoms with E-state index in [0.29, 0.717) is 6.42 Å². The highest BCUT2D eigenvalue weighted by molar-refractivity contribution is 5.86. The summed E-state index contributed by atoms with van der Waals surface area (Å²) in [7, 11) is 1.63. The molecule has 1 unspecified atom stereocenters. The molecule has 0 aromatic carbocycles. The molecular formula is C16H32O2. The molecular weight excluding hydrogens is 224 g/mol. The van der Waals surface area contributed by atoms with Crippen LogP contribution in [0.15, 0.2) is 0 Å². The fourth-order valence-corrected chi connectivity index (χ4v) is 2.14. The Labute approximate surface area is 113 Å². The maximum Gasteiger partial charge on any atom is 0.164 e. The van der Waals surface area contributed by atoms with Crippen molar-refractivity contribution in [3.05, 3.63) is 0 Å². The van der Waals surface area contributed by atoms with Gasteiger partial charge in [-0.05, 0) is 19.8 Å². The molecule has 2 heteroatoms. The molecule has 0 N–H and O–H groups in total. The lowest BCUT2D eigenvalue weighted by molar-refractivity contribution is -0.139. The Balaban J connectivity index is 3.51. The standard InChI is InChI=1S/C16H32O2/c1-5-7-8-9-10-11-12-13-14-15(17)16(3,6-2)18-4/h5-14H2,1-4H3. The van der Waals surface area contributed by atoms with E-state index < -0.39 is 5.60 Å². The van der Waals surface area contributed by atoms with Gasteiger partial charge in [-0.25, -0.2) is 0 Å². The Bertz CT molecular complexity index is 207. The van der Waals surface area contributed by atoms with Gasteiger partial charge in [0.2, 0.25) is 0 Å². The van der Waals surface area contributed by atoms with Crippen molar-refractivity contribution >= 4 is 5.78 Å². The highest BCUT2D eigenvalue weighted by atomic mass is 16.5. The number of methoxy groups -OCH3 is 1. The third-order valence-electron chi connectivity index (χ3n) is 3.97. The first-order chi connectivity index (χ1) is 8.60. The van der Waals surface area contributed by atoms with Gasteiger partial charge in [-0.3, -0.25) is 4.79 Å². The number of Topliss-reactive ketones (excluding diaryl/α,β-unsaturated/α-hetero) is 1. The van der Waals surface area contributed by atoms with E-state index >= 15 is 0 Å². The quantitative estimate of drug-likeness (QED) is 0.464. The largest absolute Gasteiger partial charge is 0.371 e. The van der Waals surface area contributed by atoms with Gasteiger partial charge in [0, 0.05) is 13.5 Å². The molecule has 0 amide bonds. The third kappa shape index (κ3) is 7.15. The zero-order chi connectivity index (χ0) is 13.9. The number of carbonyl (C=O) groups is 1. The number of hydrogen-bond donors (Lipinski definition) is 0. The van der Waals surface area contributed by atoms with Gasteiger partial charge < -0.3 is 4.74 Å². The van der Waals surface area contributed by atoms with E-state index in [0.717, 1.165) is 12.8 Å². The molecule has 0 aromatic rings. The average molecular weight is 256 g/mol. The van der Waals surface area contributed by atoms with Gasteiger partial charge in [0.1, 0.15) is 5.60 Å². The molecule has 0 spiro atoms. The molecule has 2 nitrogen and oxygen atoms in total. The smallest absolute Gasteiger partial charge is 0.164 e. The first-order valence-corrected chi connectivity index (χ1v) is 7.69. The Hall–Kier alpha value is -0.370. The number of carbonyl (C=O) groups excluding carboxylic acids is 1. The van der Waals surface area contributed by atoms with E-state index in [1.54, 1.807) is 7.11 Å². The van der Waals surface area contributed by atoms with Crippen LogP contribution in [0.4, 0.5) is 0 Å². The van der Waals surface area contributed by atoms with Crippen LogP contribution in [0.3, 0.4) is 0 Å². The normalized spacial score (nSPS) is 14.4. The van der Waals surface area contributed by atoms with E-state index in [1.807, 2.05) is 13.8 Å². The van der Waals surface area contributed by atoms with Gasteiger partial charge in [0.25, 0.3) is 0 Å². The topological polar surface area (TPSA) is 26.3 Å². The first kappa shape index (κ1) is 17.6. The molecule has 1 atom stereocenters. The van der Waals surface area contributed by atoms with Crippen molar-refractivity contribution in [1.29, 1.82) is 0 Å². The summed E-state index contributed by atoms with van der Waals surface area (Å²) >= 11 is 0. The number of ketones is 1. The maximum absolute atomic E-state index is 12.0. The molecule has 0 bridgehead atoms. The molecule has 0 aliphatic carbocycles. The molecule has 0 saturated heterocycles. The third-order valence-corrected chi connectivity index (χ3v) is 3.97. The number of hydrogen-bond acceptors (Lipinski definition) is 2. The van der Waals surface area contributed by atoms with E-state index in [-0.39, 0.29) is 5.78 Å². The van der Waals surface area contributed by atoms with Gasteiger partial charge in [-0.2, -0.15) is 0 Å². The molecule has 0 heterocycles. The van der Waals surface area contributed by atoms with Crippen molar-refractivity contribution in [2.45, 2.75) is 90.6 Å². The van der Waals surface area contributed by atoms with Crippen molar-refractivity contribution in [1.82, 2.24) is 0 Å². The zero-order valence-corrected chi connectivity index (χ0v) is 12.9. The number of ether oxygens (including phenoxy) is 1. The molecule has 108 valence electrons. The monoisotopic (exact) mass is 256 g/mol. The van der Waals surface area contributed by atoms with Gasteiger partial charge in [-0.15, -0.1) is 0 Å². The van der Waals surface area contributed by atoms with Crippen LogP contribution in [-0.4, -0.2) is 18.5 Å². The van der Waals surface area contributed by atoms with Crippen LogP contribution in [0, 0.1) is 0 Å². The lowest BCUT2D eigenvalue weighted by Crippen LogP contribution is -2.36. The predicted octanol–water partition coefficient (Wildman–Crippen LogP) is 4.90. The Morgan fingerprint density at radius 2 is 1.44 bits per heavy atom. The molecule has 0 aromatic heterocycles. The van der Waals surface area contributed by atoms with E-state index in [4.69, 9.17) is 4.74 Å². The van der Waals surface area contributed by atoms with Crippen LogP contribution in [0.25, 0.3) is 0 Å². The van der Waals surface area contributed by atoms with Gasteiger partial charge in [0.05, 0.1) is 0 Å². The minimum Gasteiger partial charge on any atom is -0.371 e. The summed E-state index contributed by atoms with van der Waals surface area (Å²) in [6.45, 7) is 6.15. The highest BCUT2D eigenvalue weighted by Crippen LogP contribution is 2.19. The van der Waals surface area contributed by atoms with E-state index in [9.17, 15) is 4.79 Å². The lowest BCUT2D eigenvalue weighted by Gasteiger charge is -2.24. The fraction of sp³-hybridized carbons (Fsp3) is 0.938. The summed E-state index contributed by atoms with van der Waals surface area (Å²) in [5, 5.41) is 0. The predicted molar refractivity (Wildman–Crippen MR) is 77.9 cm³/mol. The van der Waals surface area contributed by atoms with Crippen LogP contribution < -0.4 is 0 Å². The van der Waals surface area contributed by atoms with Crippen molar-refractivity contribution < 1.29 is 9.53 Å². The molecule has 0 saturated carbocycles. The zero-order valence-electron chi connectivity index (χ0n) is 12.9. The SMILES string of the molecule is CCCCCCCCCCC(=O)C(C)(CC)OC.